The van der Waals surface area contributed by atoms with Crippen molar-refractivity contribution in [1.82, 2.24) is 14.5 Å². The summed E-state index contributed by atoms with van der Waals surface area (Å²) in [6, 6.07) is 47.2. The van der Waals surface area contributed by atoms with E-state index in [1.807, 2.05) is 23.5 Å². The van der Waals surface area contributed by atoms with Crippen molar-refractivity contribution in [2.45, 2.75) is 0 Å². The average Bonchev–Trinajstić information content (AvgIpc) is 3.62. The van der Waals surface area contributed by atoms with Gasteiger partial charge >= 0.3 is 0 Å². The maximum absolute atomic E-state index is 5.15. The van der Waals surface area contributed by atoms with Gasteiger partial charge in [0.05, 0.1) is 38.3 Å². The van der Waals surface area contributed by atoms with E-state index in [2.05, 4.69) is 132 Å². The van der Waals surface area contributed by atoms with Gasteiger partial charge in [-0.15, -0.1) is 11.3 Å². The lowest BCUT2D eigenvalue weighted by Gasteiger charge is -2.14. The number of para-hydroxylation sites is 1. The molecule has 0 N–H and O–H groups in total. The van der Waals surface area contributed by atoms with E-state index >= 15 is 0 Å². The van der Waals surface area contributed by atoms with Crippen LogP contribution in [0.15, 0.2) is 140 Å². The van der Waals surface area contributed by atoms with E-state index in [9.17, 15) is 0 Å². The smallest absolute Gasteiger partial charge is 0.0902 e. The van der Waals surface area contributed by atoms with Gasteiger partial charge in [-0.05, 0) is 30.3 Å². The highest BCUT2D eigenvalue weighted by atomic mass is 32.1. The topological polar surface area (TPSA) is 30.7 Å². The molecule has 0 fully saturated rings. The van der Waals surface area contributed by atoms with E-state index in [1.54, 1.807) is 0 Å². The monoisotopic (exact) mass is 553 g/mol. The molecule has 0 atom stereocenters. The van der Waals surface area contributed by atoms with Crippen LogP contribution in [-0.2, 0) is 0 Å². The fourth-order valence-electron chi connectivity index (χ4n) is 6.31. The Labute approximate surface area is 246 Å². The Morgan fingerprint density at radius 2 is 1.14 bits per heavy atom. The summed E-state index contributed by atoms with van der Waals surface area (Å²) in [5.41, 5.74) is 8.54. The molecule has 42 heavy (non-hydrogen) atoms. The summed E-state index contributed by atoms with van der Waals surface area (Å²) in [7, 11) is 0. The Hall–Kier alpha value is -5.32. The fraction of sp³-hybridized carbons (Fsp3) is 0. The van der Waals surface area contributed by atoms with Crippen LogP contribution >= 0.6 is 11.3 Å². The van der Waals surface area contributed by atoms with Crippen LogP contribution in [0.3, 0.4) is 0 Å². The van der Waals surface area contributed by atoms with Crippen LogP contribution in [-0.4, -0.2) is 14.5 Å². The molecule has 9 aromatic rings. The second-order valence-corrected chi connectivity index (χ2v) is 11.7. The Kier molecular flexibility index (Phi) is 5.07. The maximum atomic E-state index is 5.15. The lowest BCUT2D eigenvalue weighted by atomic mass is 10.1. The van der Waals surface area contributed by atoms with E-state index in [0.717, 1.165) is 50.0 Å². The van der Waals surface area contributed by atoms with E-state index < -0.39 is 0 Å². The third kappa shape index (κ3) is 3.46. The number of pyridine rings is 2. The first-order chi connectivity index (χ1) is 20.8. The summed E-state index contributed by atoms with van der Waals surface area (Å²) >= 11 is 1.83. The van der Waals surface area contributed by atoms with E-state index in [0.29, 0.717) is 0 Å². The normalized spacial score (nSPS) is 11.8. The fourth-order valence-corrected chi connectivity index (χ4v) is 7.51. The molecule has 0 spiro atoms. The Bertz CT molecular complexity index is 2400. The molecule has 0 saturated carbocycles. The molecule has 196 valence electrons. The zero-order valence-electron chi connectivity index (χ0n) is 22.5. The predicted octanol–water partition coefficient (Wildman–Crippen LogP) is 10.4. The standard InChI is InChI=1S/C38H23N3S/c1-3-11-24(12-4-1)32-21-26(22-33(40-32)25-13-5-2-6-14-25)41-34-17-9-7-15-27(34)31-23-39-36-30(37(31)41)20-19-29-28-16-8-10-18-35(28)42-38(29)36/h1-23H. The minimum Gasteiger partial charge on any atom is -0.308 e. The molecule has 0 aliphatic heterocycles. The average molecular weight is 554 g/mol. The van der Waals surface area contributed by atoms with Crippen molar-refractivity contribution < 1.29 is 0 Å². The molecule has 5 aromatic carbocycles. The number of rotatable bonds is 3. The largest absolute Gasteiger partial charge is 0.308 e. The molecule has 4 aromatic heterocycles. The number of hydrogen-bond donors (Lipinski definition) is 0. The molecule has 0 amide bonds. The SMILES string of the molecule is c1ccc(-c2cc(-n3c4ccccc4c4cnc5c(ccc6c7ccccc7sc65)c43)cc(-c3ccccc3)n2)cc1. The molecule has 4 heteroatoms. The van der Waals surface area contributed by atoms with Gasteiger partial charge in [-0.25, -0.2) is 4.98 Å². The lowest BCUT2D eigenvalue weighted by Crippen LogP contribution is -1.99. The Morgan fingerprint density at radius 3 is 1.88 bits per heavy atom. The van der Waals surface area contributed by atoms with E-state index in [1.165, 1.54) is 31.1 Å². The third-order valence-corrected chi connectivity index (χ3v) is 9.41. The van der Waals surface area contributed by atoms with Gasteiger partial charge in [0.2, 0.25) is 0 Å². The van der Waals surface area contributed by atoms with Gasteiger partial charge in [-0.3, -0.25) is 4.98 Å². The van der Waals surface area contributed by atoms with Crippen molar-refractivity contribution in [3.8, 4) is 28.2 Å². The third-order valence-electron chi connectivity index (χ3n) is 8.22. The first-order valence-electron chi connectivity index (χ1n) is 14.1. The van der Waals surface area contributed by atoms with Gasteiger partial charge in [-0.1, -0.05) is 103 Å². The molecule has 0 radical (unpaired) electrons. The molecular weight excluding hydrogens is 531 g/mol. The number of hydrogen-bond acceptors (Lipinski definition) is 3. The minimum atomic E-state index is 0.947. The highest BCUT2D eigenvalue weighted by Crippen LogP contribution is 2.42. The van der Waals surface area contributed by atoms with Crippen molar-refractivity contribution in [3.05, 3.63) is 140 Å². The van der Waals surface area contributed by atoms with E-state index in [4.69, 9.17) is 9.97 Å². The molecular formula is C38H23N3S. The summed E-state index contributed by atoms with van der Waals surface area (Å²) in [5.74, 6) is 0. The Balaban J connectivity index is 1.42. The van der Waals surface area contributed by atoms with Crippen molar-refractivity contribution in [1.29, 1.82) is 0 Å². The highest BCUT2D eigenvalue weighted by molar-refractivity contribution is 7.26. The number of benzene rings is 5. The Morgan fingerprint density at radius 1 is 0.524 bits per heavy atom. The molecule has 0 bridgehead atoms. The van der Waals surface area contributed by atoms with Gasteiger partial charge in [0.1, 0.15) is 0 Å². The molecule has 0 aliphatic rings. The van der Waals surface area contributed by atoms with Gasteiger partial charge in [0.25, 0.3) is 0 Å². The lowest BCUT2D eigenvalue weighted by molar-refractivity contribution is 1.16. The summed E-state index contributed by atoms with van der Waals surface area (Å²) < 4.78 is 4.93. The van der Waals surface area contributed by atoms with Crippen LogP contribution < -0.4 is 0 Å². The van der Waals surface area contributed by atoms with E-state index in [-0.39, 0.29) is 0 Å². The number of thiophene rings is 1. The minimum absolute atomic E-state index is 0.947. The molecule has 0 unspecified atom stereocenters. The van der Waals surface area contributed by atoms with Gasteiger partial charge in [0, 0.05) is 49.0 Å². The molecule has 0 aliphatic carbocycles. The summed E-state index contributed by atoms with van der Waals surface area (Å²) in [5, 5.41) is 6.05. The van der Waals surface area contributed by atoms with Gasteiger partial charge in [0.15, 0.2) is 0 Å². The first-order valence-corrected chi connectivity index (χ1v) is 14.9. The zero-order valence-corrected chi connectivity index (χ0v) is 23.3. The van der Waals surface area contributed by atoms with Crippen LogP contribution in [0.25, 0.3) is 81.1 Å². The number of nitrogens with zero attached hydrogens (tertiary/aromatic N) is 3. The van der Waals surface area contributed by atoms with Gasteiger partial charge in [-0.2, -0.15) is 0 Å². The molecule has 4 heterocycles. The van der Waals surface area contributed by atoms with Crippen LogP contribution in [0.5, 0.6) is 0 Å². The van der Waals surface area contributed by atoms with Crippen molar-refractivity contribution >= 4 is 64.2 Å². The van der Waals surface area contributed by atoms with Crippen molar-refractivity contribution in [2.24, 2.45) is 0 Å². The quantitative estimate of drug-likeness (QED) is 0.218. The molecule has 0 saturated heterocycles. The van der Waals surface area contributed by atoms with Crippen LogP contribution in [0.4, 0.5) is 0 Å². The van der Waals surface area contributed by atoms with Crippen LogP contribution in [0.1, 0.15) is 0 Å². The second kappa shape index (κ2) is 9.10. The molecule has 9 rings (SSSR count). The summed E-state index contributed by atoms with van der Waals surface area (Å²) in [6.07, 6.45) is 2.07. The highest BCUT2D eigenvalue weighted by Gasteiger charge is 2.19. The predicted molar refractivity (Wildman–Crippen MR) is 178 cm³/mol. The van der Waals surface area contributed by atoms with Crippen molar-refractivity contribution in [3.63, 3.8) is 0 Å². The first kappa shape index (κ1) is 23.4. The maximum Gasteiger partial charge on any atom is 0.0902 e. The van der Waals surface area contributed by atoms with Crippen molar-refractivity contribution in [2.75, 3.05) is 0 Å². The second-order valence-electron chi connectivity index (χ2n) is 10.6. The van der Waals surface area contributed by atoms with Crippen LogP contribution in [0, 0.1) is 0 Å². The summed E-state index contributed by atoms with van der Waals surface area (Å²) in [6.45, 7) is 0. The van der Waals surface area contributed by atoms with Gasteiger partial charge < -0.3 is 4.57 Å². The van der Waals surface area contributed by atoms with Crippen LogP contribution in [0.2, 0.25) is 0 Å². The molecule has 3 nitrogen and oxygen atoms in total. The number of aromatic nitrogens is 3. The zero-order chi connectivity index (χ0) is 27.6. The number of fused-ring (bicyclic) bond motifs is 9. The summed E-state index contributed by atoms with van der Waals surface area (Å²) in [4.78, 5) is 10.3.